The van der Waals surface area contributed by atoms with Crippen LogP contribution in [0.15, 0.2) is 36.5 Å². The Morgan fingerprint density at radius 2 is 1.78 bits per heavy atom. The minimum atomic E-state index is -0.729. The zero-order chi connectivity index (χ0) is 18.5. The lowest BCUT2D eigenvalue weighted by molar-refractivity contribution is 0.437. The van der Waals surface area contributed by atoms with Crippen LogP contribution < -0.4 is 4.90 Å². The number of phenolic OH excluding ortho intramolecular Hbond substituents is 1. The number of benzene rings is 1. The number of pyridine rings is 2. The van der Waals surface area contributed by atoms with Gasteiger partial charge in [-0.25, -0.2) is 14.4 Å². The molecule has 0 aliphatic carbocycles. The monoisotopic (exact) mass is 363 g/mol. The Kier molecular flexibility index (Phi) is 3.50. The van der Waals surface area contributed by atoms with E-state index in [-0.39, 0.29) is 5.52 Å². The molecule has 0 atom stereocenters. The Hall–Kier alpha value is -3.22. The number of nitrogens with zero attached hydrogens (tertiary/aromatic N) is 5. The Morgan fingerprint density at radius 3 is 2.59 bits per heavy atom. The summed E-state index contributed by atoms with van der Waals surface area (Å²) in [5.74, 6) is -0.206. The predicted molar refractivity (Wildman–Crippen MR) is 102 cm³/mol. The van der Waals surface area contributed by atoms with Crippen molar-refractivity contribution in [2.24, 2.45) is 7.05 Å². The van der Waals surface area contributed by atoms with Crippen molar-refractivity contribution in [1.82, 2.24) is 19.7 Å². The highest BCUT2D eigenvalue weighted by molar-refractivity contribution is 5.89. The highest BCUT2D eigenvalue weighted by atomic mass is 19.1. The first-order chi connectivity index (χ1) is 13.1. The van der Waals surface area contributed by atoms with Crippen molar-refractivity contribution in [2.45, 2.75) is 12.8 Å². The minimum absolute atomic E-state index is 0.150. The van der Waals surface area contributed by atoms with Gasteiger partial charge in [0.1, 0.15) is 11.3 Å². The van der Waals surface area contributed by atoms with Gasteiger partial charge in [-0.1, -0.05) is 0 Å². The standard InChI is InChI=1S/C20H18FN5O/c1-25-11-12-10-13(20(27)18(21)19(12)24-25)14-4-5-16-15(22-14)6-7-17(23-16)26-8-2-3-9-26/h4-7,10-11,27H,2-3,8-9H2,1H3. The lowest BCUT2D eigenvalue weighted by atomic mass is 10.1. The summed E-state index contributed by atoms with van der Waals surface area (Å²) >= 11 is 0. The normalized spacial score (nSPS) is 14.5. The van der Waals surface area contributed by atoms with Gasteiger partial charge in [-0.05, 0) is 43.2 Å². The molecule has 3 aromatic heterocycles. The summed E-state index contributed by atoms with van der Waals surface area (Å²) in [5.41, 5.74) is 2.49. The topological polar surface area (TPSA) is 67.1 Å². The van der Waals surface area contributed by atoms with Gasteiger partial charge in [0.25, 0.3) is 0 Å². The Balaban J connectivity index is 1.61. The van der Waals surface area contributed by atoms with Crippen molar-refractivity contribution in [3.63, 3.8) is 0 Å². The summed E-state index contributed by atoms with van der Waals surface area (Å²) < 4.78 is 16.0. The van der Waals surface area contributed by atoms with E-state index in [1.165, 1.54) is 17.5 Å². The van der Waals surface area contributed by atoms with Crippen LogP contribution in [-0.2, 0) is 7.05 Å². The van der Waals surface area contributed by atoms with Crippen LogP contribution in [0.2, 0.25) is 0 Å². The first-order valence-electron chi connectivity index (χ1n) is 8.98. The molecule has 1 aromatic carbocycles. The zero-order valence-corrected chi connectivity index (χ0v) is 14.9. The van der Waals surface area contributed by atoms with E-state index in [2.05, 4.69) is 15.0 Å². The van der Waals surface area contributed by atoms with E-state index in [9.17, 15) is 9.50 Å². The molecule has 1 saturated heterocycles. The van der Waals surface area contributed by atoms with Crippen LogP contribution in [0.25, 0.3) is 33.2 Å². The molecule has 1 aliphatic rings. The second kappa shape index (κ2) is 5.90. The van der Waals surface area contributed by atoms with Gasteiger partial charge in [0, 0.05) is 37.3 Å². The van der Waals surface area contributed by atoms with Crippen LogP contribution in [0.5, 0.6) is 5.75 Å². The molecule has 0 saturated carbocycles. The average Bonchev–Trinajstić information content (AvgIpc) is 3.33. The first-order valence-corrected chi connectivity index (χ1v) is 8.98. The van der Waals surface area contributed by atoms with Crippen molar-refractivity contribution in [2.75, 3.05) is 18.0 Å². The molecule has 1 aliphatic heterocycles. The third kappa shape index (κ3) is 2.58. The summed E-state index contributed by atoms with van der Waals surface area (Å²) in [6.07, 6.45) is 4.10. The quantitative estimate of drug-likeness (QED) is 0.589. The molecule has 7 heteroatoms. The number of hydrogen-bond acceptors (Lipinski definition) is 5. The number of hydrogen-bond donors (Lipinski definition) is 1. The van der Waals surface area contributed by atoms with E-state index in [4.69, 9.17) is 4.98 Å². The van der Waals surface area contributed by atoms with Crippen LogP contribution in [0, 0.1) is 5.82 Å². The Morgan fingerprint density at radius 1 is 1.04 bits per heavy atom. The average molecular weight is 363 g/mol. The summed E-state index contributed by atoms with van der Waals surface area (Å²) in [6.45, 7) is 2.06. The van der Waals surface area contributed by atoms with Gasteiger partial charge >= 0.3 is 0 Å². The molecule has 0 spiro atoms. The van der Waals surface area contributed by atoms with Gasteiger partial charge in [-0.15, -0.1) is 0 Å². The first kappa shape index (κ1) is 16.0. The predicted octanol–water partition coefficient (Wildman–Crippen LogP) is 3.63. The van der Waals surface area contributed by atoms with Crippen molar-refractivity contribution in [3.05, 3.63) is 42.3 Å². The lowest BCUT2D eigenvalue weighted by Gasteiger charge is -2.16. The lowest BCUT2D eigenvalue weighted by Crippen LogP contribution is -2.18. The molecule has 4 aromatic rings. The molecule has 1 fully saturated rings. The van der Waals surface area contributed by atoms with E-state index in [1.807, 2.05) is 18.2 Å². The molecule has 0 radical (unpaired) electrons. The number of anilines is 1. The maximum Gasteiger partial charge on any atom is 0.193 e. The summed E-state index contributed by atoms with van der Waals surface area (Å²) in [6, 6.07) is 9.23. The Bertz CT molecular complexity index is 1180. The molecule has 0 amide bonds. The van der Waals surface area contributed by atoms with E-state index in [0.717, 1.165) is 24.4 Å². The number of fused-ring (bicyclic) bond motifs is 2. The maximum atomic E-state index is 14.5. The minimum Gasteiger partial charge on any atom is -0.504 e. The van der Waals surface area contributed by atoms with E-state index >= 15 is 0 Å². The van der Waals surface area contributed by atoms with E-state index in [0.29, 0.717) is 22.2 Å². The van der Waals surface area contributed by atoms with Crippen molar-refractivity contribution in [3.8, 4) is 17.0 Å². The molecule has 1 N–H and O–H groups in total. The van der Waals surface area contributed by atoms with Crippen LogP contribution in [-0.4, -0.2) is 37.9 Å². The molecular formula is C20H18FN5O. The molecule has 5 rings (SSSR count). The van der Waals surface area contributed by atoms with Crippen molar-refractivity contribution in [1.29, 1.82) is 0 Å². The molecule has 0 bridgehead atoms. The van der Waals surface area contributed by atoms with Crippen LogP contribution >= 0.6 is 0 Å². The largest absolute Gasteiger partial charge is 0.504 e. The molecule has 6 nitrogen and oxygen atoms in total. The smallest absolute Gasteiger partial charge is 0.193 e. The van der Waals surface area contributed by atoms with Crippen LogP contribution in [0.4, 0.5) is 10.2 Å². The number of phenols is 1. The fourth-order valence-corrected chi connectivity index (χ4v) is 3.70. The summed E-state index contributed by atoms with van der Waals surface area (Å²) in [5, 5.41) is 15.0. The summed E-state index contributed by atoms with van der Waals surface area (Å²) in [7, 11) is 1.72. The van der Waals surface area contributed by atoms with Crippen molar-refractivity contribution >= 4 is 27.8 Å². The molecule has 0 unspecified atom stereocenters. The second-order valence-corrected chi connectivity index (χ2v) is 6.93. The number of rotatable bonds is 2. The second-order valence-electron chi connectivity index (χ2n) is 6.93. The highest BCUT2D eigenvalue weighted by Gasteiger charge is 2.18. The van der Waals surface area contributed by atoms with Crippen molar-refractivity contribution < 1.29 is 9.50 Å². The highest BCUT2D eigenvalue weighted by Crippen LogP contribution is 2.36. The van der Waals surface area contributed by atoms with Gasteiger partial charge in [-0.3, -0.25) is 4.68 Å². The van der Waals surface area contributed by atoms with Gasteiger partial charge < -0.3 is 10.0 Å². The maximum absolute atomic E-state index is 14.5. The molecular weight excluding hydrogens is 345 g/mol. The molecule has 136 valence electrons. The fraction of sp³-hybridized carbons (Fsp3) is 0.250. The molecule has 27 heavy (non-hydrogen) atoms. The Labute approximate surface area is 154 Å². The molecule has 4 heterocycles. The van der Waals surface area contributed by atoms with Gasteiger partial charge in [0.2, 0.25) is 0 Å². The SMILES string of the molecule is Cn1cc2cc(-c3ccc4nc(N5CCCC5)ccc4n3)c(O)c(F)c2n1. The number of aromatic nitrogens is 4. The zero-order valence-electron chi connectivity index (χ0n) is 14.9. The van der Waals surface area contributed by atoms with Crippen LogP contribution in [0.3, 0.4) is 0 Å². The number of halogens is 1. The van der Waals surface area contributed by atoms with Gasteiger partial charge in [0.05, 0.1) is 16.7 Å². The number of aryl methyl sites for hydroxylation is 1. The van der Waals surface area contributed by atoms with E-state index in [1.54, 1.807) is 25.4 Å². The van der Waals surface area contributed by atoms with Gasteiger partial charge in [0.15, 0.2) is 11.6 Å². The fourth-order valence-electron chi connectivity index (χ4n) is 3.70. The third-order valence-electron chi connectivity index (χ3n) is 5.06. The summed E-state index contributed by atoms with van der Waals surface area (Å²) in [4.78, 5) is 11.6. The van der Waals surface area contributed by atoms with E-state index < -0.39 is 11.6 Å². The third-order valence-corrected chi connectivity index (χ3v) is 5.06. The number of aromatic hydroxyl groups is 1. The van der Waals surface area contributed by atoms with Gasteiger partial charge in [-0.2, -0.15) is 5.10 Å². The van der Waals surface area contributed by atoms with Crippen LogP contribution in [0.1, 0.15) is 12.8 Å².